The van der Waals surface area contributed by atoms with Gasteiger partial charge in [0.1, 0.15) is 17.6 Å². The van der Waals surface area contributed by atoms with E-state index in [-0.39, 0.29) is 29.6 Å². The van der Waals surface area contributed by atoms with Crippen LogP contribution in [0.1, 0.15) is 31.7 Å². The molecule has 0 saturated heterocycles. The van der Waals surface area contributed by atoms with E-state index in [9.17, 15) is 14.0 Å². The Kier molecular flexibility index (Phi) is 5.04. The summed E-state index contributed by atoms with van der Waals surface area (Å²) in [6.45, 7) is 2.36. The van der Waals surface area contributed by atoms with Crippen LogP contribution < -0.4 is 16.0 Å². The number of nitrogens with one attached hydrogen (secondary N) is 1. The molecule has 10 heteroatoms. The van der Waals surface area contributed by atoms with E-state index in [4.69, 9.17) is 4.74 Å². The van der Waals surface area contributed by atoms with Gasteiger partial charge in [-0.05, 0) is 43.9 Å². The SMILES string of the molecule is CCn1c(=O)[nH]c(=O)c2c1nc(-c1cnc(OC3CCC3)cn1)n2Cc1ccc(F)cc1. The van der Waals surface area contributed by atoms with Gasteiger partial charge in [-0.1, -0.05) is 12.1 Å². The molecular weight excluding hydrogens is 415 g/mol. The average Bonchev–Trinajstić information content (AvgIpc) is 3.12. The Hall–Kier alpha value is -3.82. The molecule has 1 aliphatic carbocycles. The molecule has 1 N–H and O–H groups in total. The Labute approximate surface area is 181 Å². The lowest BCUT2D eigenvalue weighted by atomic mass is 9.96. The molecule has 3 heterocycles. The second-order valence-corrected chi connectivity index (χ2v) is 7.73. The second-order valence-electron chi connectivity index (χ2n) is 7.73. The summed E-state index contributed by atoms with van der Waals surface area (Å²) < 4.78 is 22.2. The van der Waals surface area contributed by atoms with Crippen LogP contribution in [0.15, 0.2) is 46.2 Å². The third kappa shape index (κ3) is 3.57. The van der Waals surface area contributed by atoms with Gasteiger partial charge in [0.2, 0.25) is 5.88 Å². The maximum absolute atomic E-state index is 13.4. The van der Waals surface area contributed by atoms with Crippen LogP contribution in [0, 0.1) is 5.82 Å². The van der Waals surface area contributed by atoms with Crippen molar-refractivity contribution in [3.8, 4) is 17.4 Å². The summed E-state index contributed by atoms with van der Waals surface area (Å²) in [6.07, 6.45) is 6.42. The normalized spacial score (nSPS) is 13.9. The van der Waals surface area contributed by atoms with Crippen LogP contribution in [-0.4, -0.2) is 35.2 Å². The number of halogens is 1. The third-order valence-corrected chi connectivity index (χ3v) is 5.65. The largest absolute Gasteiger partial charge is 0.473 e. The van der Waals surface area contributed by atoms with Crippen molar-refractivity contribution in [2.45, 2.75) is 45.4 Å². The highest BCUT2D eigenvalue weighted by molar-refractivity contribution is 5.76. The number of hydrogen-bond donors (Lipinski definition) is 1. The minimum atomic E-state index is -0.548. The van der Waals surface area contributed by atoms with Crippen LogP contribution in [0.4, 0.5) is 4.39 Å². The molecule has 9 nitrogen and oxygen atoms in total. The molecule has 0 aliphatic heterocycles. The molecule has 0 unspecified atom stereocenters. The van der Waals surface area contributed by atoms with Gasteiger partial charge in [0.05, 0.1) is 12.4 Å². The lowest BCUT2D eigenvalue weighted by molar-refractivity contribution is 0.114. The lowest BCUT2D eigenvalue weighted by Crippen LogP contribution is -2.30. The molecule has 5 rings (SSSR count). The minimum absolute atomic E-state index is 0.177. The van der Waals surface area contributed by atoms with E-state index in [0.717, 1.165) is 24.8 Å². The van der Waals surface area contributed by atoms with Gasteiger partial charge in [-0.25, -0.2) is 24.1 Å². The molecule has 4 aromatic rings. The van der Waals surface area contributed by atoms with Gasteiger partial charge in [-0.2, -0.15) is 0 Å². The summed E-state index contributed by atoms with van der Waals surface area (Å²) in [4.78, 5) is 40.8. The van der Waals surface area contributed by atoms with E-state index in [2.05, 4.69) is 19.9 Å². The molecule has 1 saturated carbocycles. The summed E-state index contributed by atoms with van der Waals surface area (Å²) >= 11 is 0. The fourth-order valence-corrected chi connectivity index (χ4v) is 3.74. The van der Waals surface area contributed by atoms with Crippen molar-refractivity contribution in [3.05, 3.63) is 68.9 Å². The number of imidazole rings is 1. The first-order chi connectivity index (χ1) is 15.5. The molecule has 0 spiro atoms. The summed E-state index contributed by atoms with van der Waals surface area (Å²) in [7, 11) is 0. The van der Waals surface area contributed by atoms with E-state index in [1.807, 2.05) is 0 Å². The number of rotatable bonds is 6. The van der Waals surface area contributed by atoms with Crippen LogP contribution in [0.2, 0.25) is 0 Å². The van der Waals surface area contributed by atoms with Crippen molar-refractivity contribution in [1.82, 2.24) is 29.1 Å². The quantitative estimate of drug-likeness (QED) is 0.498. The van der Waals surface area contributed by atoms with Crippen molar-refractivity contribution >= 4 is 11.2 Å². The summed E-state index contributed by atoms with van der Waals surface area (Å²) in [5.41, 5.74) is 0.612. The Balaban J connectivity index is 1.64. The van der Waals surface area contributed by atoms with Crippen LogP contribution in [0.5, 0.6) is 5.88 Å². The zero-order valence-corrected chi connectivity index (χ0v) is 17.4. The Morgan fingerprint density at radius 3 is 2.53 bits per heavy atom. The molecule has 1 aromatic carbocycles. The van der Waals surface area contributed by atoms with Crippen molar-refractivity contribution < 1.29 is 9.13 Å². The fraction of sp³-hybridized carbons (Fsp3) is 0.318. The van der Waals surface area contributed by atoms with Gasteiger partial charge in [-0.3, -0.25) is 14.3 Å². The Morgan fingerprint density at radius 1 is 1.12 bits per heavy atom. The Bertz CT molecular complexity index is 1380. The zero-order chi connectivity index (χ0) is 22.2. The predicted molar refractivity (Wildman–Crippen MR) is 115 cm³/mol. The van der Waals surface area contributed by atoms with Crippen LogP contribution in [0.25, 0.3) is 22.7 Å². The van der Waals surface area contributed by atoms with E-state index in [1.54, 1.807) is 29.8 Å². The number of hydrogen-bond acceptors (Lipinski definition) is 6. The number of nitrogens with zero attached hydrogens (tertiary/aromatic N) is 5. The number of aromatic amines is 1. The number of fused-ring (bicyclic) bond motifs is 1. The first-order valence-electron chi connectivity index (χ1n) is 10.5. The minimum Gasteiger partial charge on any atom is -0.473 e. The van der Waals surface area contributed by atoms with Crippen LogP contribution in [0.3, 0.4) is 0 Å². The number of benzene rings is 1. The van der Waals surface area contributed by atoms with Crippen LogP contribution >= 0.6 is 0 Å². The van der Waals surface area contributed by atoms with Gasteiger partial charge < -0.3 is 9.30 Å². The van der Waals surface area contributed by atoms with Crippen molar-refractivity contribution in [1.29, 1.82) is 0 Å². The van der Waals surface area contributed by atoms with Crippen molar-refractivity contribution in [2.24, 2.45) is 0 Å². The smallest absolute Gasteiger partial charge is 0.330 e. The molecule has 3 aromatic heterocycles. The van der Waals surface area contributed by atoms with Crippen molar-refractivity contribution in [2.75, 3.05) is 0 Å². The standard InChI is InChI=1S/C22H21FN6O3/c1-2-28-20-18(21(30)27-22(28)31)29(12-13-6-8-14(23)9-7-13)19(26-20)16-10-25-17(11-24-16)32-15-4-3-5-15/h6-11,15H,2-5,12H2,1H3,(H,27,30,31). The molecule has 0 bridgehead atoms. The highest BCUT2D eigenvalue weighted by atomic mass is 19.1. The zero-order valence-electron chi connectivity index (χ0n) is 17.4. The van der Waals surface area contributed by atoms with Gasteiger partial charge in [0.25, 0.3) is 5.56 Å². The maximum Gasteiger partial charge on any atom is 0.330 e. The molecule has 1 fully saturated rings. The highest BCUT2D eigenvalue weighted by Crippen LogP contribution is 2.26. The van der Waals surface area contributed by atoms with Crippen molar-refractivity contribution in [3.63, 3.8) is 0 Å². The molecule has 1 aliphatic rings. The topological polar surface area (TPSA) is 108 Å². The summed E-state index contributed by atoms with van der Waals surface area (Å²) in [5.74, 6) is 0.461. The number of ether oxygens (including phenoxy) is 1. The van der Waals surface area contributed by atoms with Crippen LogP contribution in [-0.2, 0) is 13.1 Å². The summed E-state index contributed by atoms with van der Waals surface area (Å²) in [5, 5.41) is 0. The first-order valence-corrected chi connectivity index (χ1v) is 10.5. The number of H-pyrrole nitrogens is 1. The molecular formula is C22H21FN6O3. The second kappa shape index (κ2) is 8.03. The highest BCUT2D eigenvalue weighted by Gasteiger charge is 2.22. The summed E-state index contributed by atoms with van der Waals surface area (Å²) in [6, 6.07) is 5.98. The molecule has 0 radical (unpaired) electrons. The van der Waals surface area contributed by atoms with E-state index < -0.39 is 11.2 Å². The van der Waals surface area contributed by atoms with E-state index in [1.165, 1.54) is 22.9 Å². The van der Waals surface area contributed by atoms with Gasteiger partial charge in [0.15, 0.2) is 17.0 Å². The third-order valence-electron chi connectivity index (χ3n) is 5.65. The average molecular weight is 436 g/mol. The Morgan fingerprint density at radius 2 is 1.91 bits per heavy atom. The first kappa shape index (κ1) is 20.1. The van der Waals surface area contributed by atoms with E-state index >= 15 is 0 Å². The number of aromatic nitrogens is 6. The molecule has 0 amide bonds. The monoisotopic (exact) mass is 436 g/mol. The van der Waals surface area contributed by atoms with Gasteiger partial charge in [-0.15, -0.1) is 0 Å². The fourth-order valence-electron chi connectivity index (χ4n) is 3.74. The molecule has 32 heavy (non-hydrogen) atoms. The van der Waals surface area contributed by atoms with Gasteiger partial charge >= 0.3 is 5.69 Å². The maximum atomic E-state index is 13.4. The lowest BCUT2D eigenvalue weighted by Gasteiger charge is -2.25. The van der Waals surface area contributed by atoms with Gasteiger partial charge in [0, 0.05) is 13.1 Å². The molecule has 0 atom stereocenters. The number of aryl methyl sites for hydroxylation is 1. The van der Waals surface area contributed by atoms with E-state index in [0.29, 0.717) is 23.9 Å². The molecule has 164 valence electrons. The predicted octanol–water partition coefficient (Wildman–Crippen LogP) is 2.48.